The summed E-state index contributed by atoms with van der Waals surface area (Å²) < 4.78 is 6.54. The van der Waals surface area contributed by atoms with Crippen LogP contribution in [0.1, 0.15) is 12.7 Å². The van der Waals surface area contributed by atoms with Crippen LogP contribution >= 0.6 is 23.3 Å². The molecule has 108 valence electrons. The van der Waals surface area contributed by atoms with Gasteiger partial charge >= 0.3 is 0 Å². The fourth-order valence-corrected chi connectivity index (χ4v) is 3.02. The minimum atomic E-state index is 0.467. The first kappa shape index (κ1) is 13.9. The first-order chi connectivity index (χ1) is 10.2. The van der Waals surface area contributed by atoms with Crippen molar-refractivity contribution in [3.8, 4) is 5.95 Å². The highest BCUT2D eigenvalue weighted by Crippen LogP contribution is 2.26. The van der Waals surface area contributed by atoms with Crippen molar-refractivity contribution in [1.29, 1.82) is 0 Å². The molecule has 3 rings (SSSR count). The van der Waals surface area contributed by atoms with E-state index in [4.69, 9.17) is 0 Å². The normalized spacial score (nSPS) is 10.8. The second kappa shape index (κ2) is 6.14. The molecule has 3 aromatic heterocycles. The maximum Gasteiger partial charge on any atom is 0.256 e. The second-order valence-corrected chi connectivity index (χ2v) is 5.90. The standard InChI is InChI=1S/C11H12N8S2/c1-3-12-8-15-9(19-6-4-5-13-19)17-10(16-8)20-11-14-7(2)18-21-11/h4-6H,3H2,1-2H3,(H,12,15,16,17). The van der Waals surface area contributed by atoms with Crippen molar-refractivity contribution in [2.45, 2.75) is 23.3 Å². The number of aryl methyl sites for hydroxylation is 1. The maximum absolute atomic E-state index is 4.40. The molecule has 0 fully saturated rings. The molecule has 0 aliphatic heterocycles. The molecule has 0 saturated carbocycles. The molecule has 0 amide bonds. The van der Waals surface area contributed by atoms with Crippen molar-refractivity contribution >= 4 is 29.2 Å². The molecule has 0 aliphatic carbocycles. The summed E-state index contributed by atoms with van der Waals surface area (Å²) in [5, 5.41) is 7.79. The molecule has 10 heteroatoms. The van der Waals surface area contributed by atoms with Gasteiger partial charge in [0.25, 0.3) is 5.95 Å². The van der Waals surface area contributed by atoms with Gasteiger partial charge < -0.3 is 5.32 Å². The van der Waals surface area contributed by atoms with E-state index < -0.39 is 0 Å². The van der Waals surface area contributed by atoms with Crippen molar-refractivity contribution in [3.05, 3.63) is 24.3 Å². The minimum Gasteiger partial charge on any atom is -0.354 e. The average Bonchev–Trinajstić information content (AvgIpc) is 3.11. The van der Waals surface area contributed by atoms with Gasteiger partial charge in [0.15, 0.2) is 4.34 Å². The molecule has 3 heterocycles. The Balaban J connectivity index is 1.95. The summed E-state index contributed by atoms with van der Waals surface area (Å²) >= 11 is 2.69. The Morgan fingerprint density at radius 2 is 2.19 bits per heavy atom. The zero-order valence-corrected chi connectivity index (χ0v) is 13.0. The quantitative estimate of drug-likeness (QED) is 0.760. The van der Waals surface area contributed by atoms with Crippen molar-refractivity contribution in [1.82, 2.24) is 34.1 Å². The summed E-state index contributed by atoms with van der Waals surface area (Å²) in [6, 6.07) is 1.82. The first-order valence-corrected chi connectivity index (χ1v) is 7.81. The van der Waals surface area contributed by atoms with E-state index in [0.29, 0.717) is 17.1 Å². The second-order valence-electron chi connectivity index (χ2n) is 3.93. The summed E-state index contributed by atoms with van der Waals surface area (Å²) in [7, 11) is 0. The molecule has 8 nitrogen and oxygen atoms in total. The number of aromatic nitrogens is 7. The molecule has 0 unspecified atom stereocenters. The molecule has 1 N–H and O–H groups in total. The molecule has 0 aliphatic rings. The fourth-order valence-electron chi connectivity index (χ4n) is 1.52. The number of rotatable bonds is 5. The Labute approximate surface area is 129 Å². The molecule has 21 heavy (non-hydrogen) atoms. The van der Waals surface area contributed by atoms with Crippen LogP contribution in [-0.4, -0.2) is 40.6 Å². The van der Waals surface area contributed by atoms with E-state index in [1.165, 1.54) is 23.3 Å². The van der Waals surface area contributed by atoms with E-state index in [9.17, 15) is 0 Å². The van der Waals surface area contributed by atoms with Gasteiger partial charge in [-0.25, -0.2) is 9.67 Å². The van der Waals surface area contributed by atoms with Crippen LogP contribution < -0.4 is 5.32 Å². The Morgan fingerprint density at radius 3 is 2.86 bits per heavy atom. The highest BCUT2D eigenvalue weighted by Gasteiger charge is 2.11. The molecule has 0 saturated heterocycles. The topological polar surface area (TPSA) is 94.3 Å². The van der Waals surface area contributed by atoms with E-state index in [1.54, 1.807) is 17.1 Å². The van der Waals surface area contributed by atoms with Gasteiger partial charge in [-0.2, -0.15) is 24.4 Å². The van der Waals surface area contributed by atoms with Crippen LogP contribution in [0.2, 0.25) is 0 Å². The number of hydrogen-bond donors (Lipinski definition) is 1. The van der Waals surface area contributed by atoms with Gasteiger partial charge in [0.05, 0.1) is 0 Å². The van der Waals surface area contributed by atoms with Gasteiger partial charge in [0.1, 0.15) is 5.82 Å². The molecular weight excluding hydrogens is 308 g/mol. The Bertz CT molecular complexity index is 724. The number of nitrogens with one attached hydrogen (secondary N) is 1. The fraction of sp³-hybridized carbons (Fsp3) is 0.273. The van der Waals surface area contributed by atoms with Crippen LogP contribution in [0.5, 0.6) is 0 Å². The van der Waals surface area contributed by atoms with Crippen LogP contribution in [0.25, 0.3) is 5.95 Å². The van der Waals surface area contributed by atoms with Crippen LogP contribution in [0.15, 0.2) is 28.0 Å². The number of nitrogens with zero attached hydrogens (tertiary/aromatic N) is 7. The summed E-state index contributed by atoms with van der Waals surface area (Å²) in [6.45, 7) is 4.57. The van der Waals surface area contributed by atoms with Crippen molar-refractivity contribution in [2.75, 3.05) is 11.9 Å². The summed E-state index contributed by atoms with van der Waals surface area (Å²) in [4.78, 5) is 17.4. The molecule has 0 bridgehead atoms. The van der Waals surface area contributed by atoms with Crippen LogP contribution in [0, 0.1) is 6.92 Å². The van der Waals surface area contributed by atoms with Gasteiger partial charge in [-0.15, -0.1) is 0 Å². The molecular formula is C11H12N8S2. The van der Waals surface area contributed by atoms with Gasteiger partial charge in [-0.3, -0.25) is 0 Å². The van der Waals surface area contributed by atoms with Crippen LogP contribution in [0.4, 0.5) is 5.95 Å². The van der Waals surface area contributed by atoms with Crippen LogP contribution in [0.3, 0.4) is 0 Å². The predicted octanol–water partition coefficient (Wildman–Crippen LogP) is 1.80. The highest BCUT2D eigenvalue weighted by molar-refractivity contribution is 8.00. The summed E-state index contributed by atoms with van der Waals surface area (Å²) in [6.07, 6.45) is 3.46. The first-order valence-electron chi connectivity index (χ1n) is 6.22. The number of anilines is 1. The lowest BCUT2D eigenvalue weighted by Gasteiger charge is -2.06. The van der Waals surface area contributed by atoms with E-state index in [1.807, 2.05) is 19.9 Å². The molecule has 0 atom stereocenters. The number of hydrogen-bond acceptors (Lipinski definition) is 9. The van der Waals surface area contributed by atoms with Gasteiger partial charge in [-0.05, 0) is 43.2 Å². The SMILES string of the molecule is CCNc1nc(Sc2nc(C)ns2)nc(-n2cccn2)n1. The Kier molecular flexibility index (Phi) is 4.06. The monoisotopic (exact) mass is 320 g/mol. The smallest absolute Gasteiger partial charge is 0.256 e. The maximum atomic E-state index is 4.40. The Morgan fingerprint density at radius 1 is 1.29 bits per heavy atom. The van der Waals surface area contributed by atoms with E-state index in [2.05, 4.69) is 34.7 Å². The summed E-state index contributed by atoms with van der Waals surface area (Å²) in [5.41, 5.74) is 0. The van der Waals surface area contributed by atoms with E-state index in [-0.39, 0.29) is 0 Å². The van der Waals surface area contributed by atoms with Gasteiger partial charge in [-0.1, -0.05) is 0 Å². The third-order valence-electron chi connectivity index (χ3n) is 2.33. The van der Waals surface area contributed by atoms with E-state index in [0.717, 1.165) is 16.7 Å². The summed E-state index contributed by atoms with van der Waals surface area (Å²) in [5.74, 6) is 1.73. The highest BCUT2D eigenvalue weighted by atomic mass is 32.2. The molecule has 0 spiro atoms. The lowest BCUT2D eigenvalue weighted by Crippen LogP contribution is -2.09. The van der Waals surface area contributed by atoms with Crippen molar-refractivity contribution in [2.24, 2.45) is 0 Å². The lowest BCUT2D eigenvalue weighted by atomic mass is 10.7. The third kappa shape index (κ3) is 3.34. The Hall–Kier alpha value is -2.07. The third-order valence-corrected chi connectivity index (χ3v) is 4.04. The molecule has 3 aromatic rings. The minimum absolute atomic E-state index is 0.467. The lowest BCUT2D eigenvalue weighted by molar-refractivity contribution is 0.760. The largest absolute Gasteiger partial charge is 0.354 e. The van der Waals surface area contributed by atoms with E-state index >= 15 is 0 Å². The zero-order chi connectivity index (χ0) is 14.7. The van der Waals surface area contributed by atoms with Gasteiger partial charge in [0.2, 0.25) is 11.1 Å². The van der Waals surface area contributed by atoms with Crippen molar-refractivity contribution < 1.29 is 0 Å². The average molecular weight is 320 g/mol. The van der Waals surface area contributed by atoms with Crippen LogP contribution in [-0.2, 0) is 0 Å². The molecule has 0 aromatic carbocycles. The predicted molar refractivity (Wildman–Crippen MR) is 79.9 cm³/mol. The van der Waals surface area contributed by atoms with Crippen molar-refractivity contribution in [3.63, 3.8) is 0 Å². The molecule has 0 radical (unpaired) electrons. The zero-order valence-electron chi connectivity index (χ0n) is 11.4. The van der Waals surface area contributed by atoms with Gasteiger partial charge in [0, 0.05) is 18.9 Å².